The van der Waals surface area contributed by atoms with Crippen LogP contribution in [0.1, 0.15) is 24.3 Å². The Morgan fingerprint density at radius 3 is 2.88 bits per heavy atom. The largest absolute Gasteiger partial charge is 0.468 e. The fourth-order valence-corrected chi connectivity index (χ4v) is 2.32. The van der Waals surface area contributed by atoms with E-state index in [9.17, 15) is 4.39 Å². The van der Waals surface area contributed by atoms with Crippen molar-refractivity contribution in [3.63, 3.8) is 0 Å². The summed E-state index contributed by atoms with van der Waals surface area (Å²) in [7, 11) is 0. The minimum Gasteiger partial charge on any atom is -0.468 e. The van der Waals surface area contributed by atoms with Crippen LogP contribution in [-0.2, 0) is 6.54 Å². The van der Waals surface area contributed by atoms with Crippen molar-refractivity contribution in [2.24, 2.45) is 0 Å². The maximum Gasteiger partial charge on any atom is 0.124 e. The molecule has 0 saturated carbocycles. The van der Waals surface area contributed by atoms with Crippen molar-refractivity contribution < 1.29 is 8.81 Å². The van der Waals surface area contributed by atoms with Gasteiger partial charge in [0.15, 0.2) is 0 Å². The van der Waals surface area contributed by atoms with Gasteiger partial charge in [-0.25, -0.2) is 4.39 Å². The normalized spacial score (nSPS) is 12.6. The molecule has 1 N–H and O–H groups in total. The molecule has 0 radical (unpaired) electrons. The second-order valence-electron chi connectivity index (χ2n) is 3.85. The van der Waals surface area contributed by atoms with Crippen LogP contribution >= 0.6 is 15.9 Å². The fourth-order valence-electron chi connectivity index (χ4n) is 1.63. The summed E-state index contributed by atoms with van der Waals surface area (Å²) < 4.78 is 19.0. The zero-order chi connectivity index (χ0) is 12.3. The molecule has 1 aromatic carbocycles. The summed E-state index contributed by atoms with van der Waals surface area (Å²) in [6.07, 6.45) is 1.65. The highest BCUT2D eigenvalue weighted by Gasteiger charge is 2.10. The zero-order valence-electron chi connectivity index (χ0n) is 9.41. The summed E-state index contributed by atoms with van der Waals surface area (Å²) in [4.78, 5) is 0. The SMILES string of the molecule is CC(NCc1ccco1)c1ccc(F)cc1Br. The molecule has 1 heterocycles. The van der Waals surface area contributed by atoms with Gasteiger partial charge in [-0.15, -0.1) is 0 Å². The van der Waals surface area contributed by atoms with Gasteiger partial charge < -0.3 is 9.73 Å². The van der Waals surface area contributed by atoms with Gasteiger partial charge in [-0.05, 0) is 36.8 Å². The minimum absolute atomic E-state index is 0.120. The first-order valence-corrected chi connectivity index (χ1v) is 6.17. The Morgan fingerprint density at radius 1 is 1.41 bits per heavy atom. The molecule has 1 aromatic heterocycles. The van der Waals surface area contributed by atoms with Crippen LogP contribution in [-0.4, -0.2) is 0 Å². The Kier molecular flexibility index (Phi) is 3.97. The Labute approximate surface area is 108 Å². The summed E-state index contributed by atoms with van der Waals surface area (Å²) in [5, 5.41) is 3.32. The second kappa shape index (κ2) is 5.47. The van der Waals surface area contributed by atoms with E-state index >= 15 is 0 Å². The van der Waals surface area contributed by atoms with E-state index in [4.69, 9.17) is 4.42 Å². The molecule has 2 nitrogen and oxygen atoms in total. The Bertz CT molecular complexity index is 484. The van der Waals surface area contributed by atoms with E-state index in [-0.39, 0.29) is 11.9 Å². The van der Waals surface area contributed by atoms with Crippen LogP contribution in [0.2, 0.25) is 0 Å². The third-order valence-electron chi connectivity index (χ3n) is 2.59. The Morgan fingerprint density at radius 2 is 2.24 bits per heavy atom. The number of hydrogen-bond acceptors (Lipinski definition) is 2. The number of hydrogen-bond donors (Lipinski definition) is 1. The summed E-state index contributed by atoms with van der Waals surface area (Å²) >= 11 is 3.36. The molecular formula is C13H13BrFNO. The van der Waals surface area contributed by atoms with Gasteiger partial charge in [0.05, 0.1) is 12.8 Å². The molecule has 0 amide bonds. The van der Waals surface area contributed by atoms with E-state index in [1.165, 1.54) is 12.1 Å². The molecule has 0 aliphatic heterocycles. The molecule has 2 rings (SSSR count). The van der Waals surface area contributed by atoms with Crippen molar-refractivity contribution in [3.05, 3.63) is 58.2 Å². The van der Waals surface area contributed by atoms with Crippen molar-refractivity contribution in [3.8, 4) is 0 Å². The van der Waals surface area contributed by atoms with Crippen molar-refractivity contribution in [1.82, 2.24) is 5.32 Å². The summed E-state index contributed by atoms with van der Waals surface area (Å²) in [5.41, 5.74) is 1.03. The Hall–Kier alpha value is -1.13. The average molecular weight is 298 g/mol. The van der Waals surface area contributed by atoms with Gasteiger partial charge in [0.25, 0.3) is 0 Å². The number of furan rings is 1. The first-order chi connectivity index (χ1) is 8.16. The lowest BCUT2D eigenvalue weighted by atomic mass is 10.1. The third kappa shape index (κ3) is 3.17. The van der Waals surface area contributed by atoms with Gasteiger partial charge in [0.2, 0.25) is 0 Å². The maximum atomic E-state index is 13.0. The van der Waals surface area contributed by atoms with E-state index in [2.05, 4.69) is 21.2 Å². The van der Waals surface area contributed by atoms with Crippen LogP contribution in [0.3, 0.4) is 0 Å². The smallest absolute Gasteiger partial charge is 0.124 e. The highest BCUT2D eigenvalue weighted by Crippen LogP contribution is 2.24. The molecule has 1 unspecified atom stereocenters. The minimum atomic E-state index is -0.237. The molecule has 4 heteroatoms. The molecule has 90 valence electrons. The van der Waals surface area contributed by atoms with Crippen LogP contribution in [0.5, 0.6) is 0 Å². The predicted octanol–water partition coefficient (Wildman–Crippen LogP) is 4.03. The highest BCUT2D eigenvalue weighted by atomic mass is 79.9. The van der Waals surface area contributed by atoms with Crippen LogP contribution in [0.25, 0.3) is 0 Å². The number of halogens is 2. The first-order valence-electron chi connectivity index (χ1n) is 5.37. The van der Waals surface area contributed by atoms with Crippen molar-refractivity contribution in [2.45, 2.75) is 19.5 Å². The van der Waals surface area contributed by atoms with E-state index < -0.39 is 0 Å². The molecule has 17 heavy (non-hydrogen) atoms. The predicted molar refractivity (Wildman–Crippen MR) is 68.1 cm³/mol. The molecule has 0 saturated heterocycles. The third-order valence-corrected chi connectivity index (χ3v) is 3.28. The Balaban J connectivity index is 2.01. The van der Waals surface area contributed by atoms with E-state index in [1.807, 2.05) is 19.1 Å². The molecule has 0 fully saturated rings. The van der Waals surface area contributed by atoms with Gasteiger partial charge in [0, 0.05) is 10.5 Å². The van der Waals surface area contributed by atoms with Crippen LogP contribution in [0, 0.1) is 5.82 Å². The van der Waals surface area contributed by atoms with Gasteiger partial charge in [-0.2, -0.15) is 0 Å². The molecule has 0 aliphatic carbocycles. The summed E-state index contributed by atoms with van der Waals surface area (Å²) in [5.74, 6) is 0.647. The quantitative estimate of drug-likeness (QED) is 0.922. The van der Waals surface area contributed by atoms with Crippen molar-refractivity contribution in [1.29, 1.82) is 0 Å². The topological polar surface area (TPSA) is 25.2 Å². The molecule has 0 bridgehead atoms. The van der Waals surface area contributed by atoms with E-state index in [0.29, 0.717) is 6.54 Å². The zero-order valence-corrected chi connectivity index (χ0v) is 11.0. The lowest BCUT2D eigenvalue weighted by Gasteiger charge is -2.15. The number of rotatable bonds is 4. The number of nitrogens with one attached hydrogen (secondary N) is 1. The molecule has 0 aliphatic rings. The van der Waals surface area contributed by atoms with Gasteiger partial charge >= 0.3 is 0 Å². The fraction of sp³-hybridized carbons (Fsp3) is 0.231. The monoisotopic (exact) mass is 297 g/mol. The van der Waals surface area contributed by atoms with Crippen molar-refractivity contribution in [2.75, 3.05) is 0 Å². The molecule has 1 atom stereocenters. The standard InChI is InChI=1S/C13H13BrFNO/c1-9(16-8-11-3-2-6-17-11)12-5-4-10(15)7-13(12)14/h2-7,9,16H,8H2,1H3. The molecule has 2 aromatic rings. The van der Waals surface area contributed by atoms with Crippen LogP contribution < -0.4 is 5.32 Å². The average Bonchev–Trinajstić information content (AvgIpc) is 2.78. The summed E-state index contributed by atoms with van der Waals surface area (Å²) in [6.45, 7) is 2.68. The maximum absolute atomic E-state index is 13.0. The second-order valence-corrected chi connectivity index (χ2v) is 4.70. The van der Waals surface area contributed by atoms with Gasteiger partial charge in [-0.3, -0.25) is 0 Å². The highest BCUT2D eigenvalue weighted by molar-refractivity contribution is 9.10. The lowest BCUT2D eigenvalue weighted by molar-refractivity contribution is 0.460. The first kappa shape index (κ1) is 12.3. The van der Waals surface area contributed by atoms with E-state index in [0.717, 1.165) is 15.8 Å². The lowest BCUT2D eigenvalue weighted by Crippen LogP contribution is -2.18. The summed E-state index contributed by atoms with van der Waals surface area (Å²) in [6, 6.07) is 8.61. The van der Waals surface area contributed by atoms with Crippen LogP contribution in [0.15, 0.2) is 45.5 Å². The van der Waals surface area contributed by atoms with Gasteiger partial charge in [0.1, 0.15) is 11.6 Å². The van der Waals surface area contributed by atoms with Gasteiger partial charge in [-0.1, -0.05) is 22.0 Å². The van der Waals surface area contributed by atoms with Crippen molar-refractivity contribution >= 4 is 15.9 Å². The molecular weight excluding hydrogens is 285 g/mol. The number of benzene rings is 1. The van der Waals surface area contributed by atoms with Crippen LogP contribution in [0.4, 0.5) is 4.39 Å². The van der Waals surface area contributed by atoms with E-state index in [1.54, 1.807) is 12.3 Å². The molecule has 0 spiro atoms.